The average molecular weight is 722 g/mol. The minimum atomic E-state index is -1.45. The Hall–Kier alpha value is -2.93. The summed E-state index contributed by atoms with van der Waals surface area (Å²) in [6.45, 7) is 1.20. The number of carboxylic acid groups (broad SMARTS) is 4. The summed E-state index contributed by atoms with van der Waals surface area (Å²) in [6.07, 6.45) is 3.82. The summed E-state index contributed by atoms with van der Waals surface area (Å²) in [5, 5.41) is 38.1. The molecule has 0 saturated carbocycles. The second-order valence-corrected chi connectivity index (χ2v) is 5.56. The van der Waals surface area contributed by atoms with E-state index in [1.807, 2.05) is 62.6 Å². The molecular weight excluding hydrogens is 698 g/mol. The fourth-order valence-electron chi connectivity index (χ4n) is 1.40. The molecule has 2 rings (SSSR count). The van der Waals surface area contributed by atoms with E-state index in [1.165, 1.54) is 11.4 Å². The van der Waals surface area contributed by atoms with Crippen LogP contribution in [0.5, 0.6) is 0 Å². The van der Waals surface area contributed by atoms with Crippen molar-refractivity contribution < 1.29 is 101 Å². The number of hydrogen-bond donors (Lipinski definition) is 0. The van der Waals surface area contributed by atoms with Gasteiger partial charge in [-0.15, -0.1) is 0 Å². The van der Waals surface area contributed by atoms with E-state index in [0.717, 1.165) is 0 Å². The first kappa shape index (κ1) is 42.2. The number of aryl methyl sites for hydroxylation is 2. The number of pyridine rings is 2. The van der Waals surface area contributed by atoms with Crippen LogP contribution >= 0.6 is 0 Å². The Bertz CT molecular complexity index is 700. The normalized spacial score (nSPS) is 8.06. The Morgan fingerprint density at radius 3 is 1.00 bits per heavy atom. The van der Waals surface area contributed by atoms with Gasteiger partial charge in [-0.1, -0.05) is 12.1 Å². The molecular formula is C20H24N2O12U-6. The van der Waals surface area contributed by atoms with E-state index >= 15 is 0 Å². The summed E-state index contributed by atoms with van der Waals surface area (Å²) < 4.78 is 8.06. The van der Waals surface area contributed by atoms with Gasteiger partial charge in [-0.3, -0.25) is 0 Å². The molecule has 0 saturated heterocycles. The zero-order valence-corrected chi connectivity index (χ0v) is 23.0. The van der Waals surface area contributed by atoms with Gasteiger partial charge in [-0.05, 0) is 0 Å². The molecule has 35 heavy (non-hydrogen) atoms. The molecule has 0 unspecified atom stereocenters. The Balaban J connectivity index is -0.000000112. The second-order valence-electron chi connectivity index (χ2n) is 5.56. The fraction of sp³-hybridized carbons (Fsp3) is 0.300. The Kier molecular flexibility index (Phi) is 35.1. The van der Waals surface area contributed by atoms with Crippen molar-refractivity contribution in [2.75, 3.05) is 26.4 Å². The summed E-state index contributed by atoms with van der Waals surface area (Å²) in [5.41, 5.74) is 2.39. The molecule has 2 heterocycles. The molecule has 0 aliphatic heterocycles. The number of H-pyrrole nitrogens is 2. The van der Waals surface area contributed by atoms with Crippen molar-refractivity contribution in [1.82, 2.24) is 0 Å². The van der Waals surface area contributed by atoms with Gasteiger partial charge >= 0.3 is 0 Å². The third-order valence-electron chi connectivity index (χ3n) is 2.61. The van der Waals surface area contributed by atoms with Gasteiger partial charge in [0, 0.05) is 69.2 Å². The smallest absolute Gasteiger partial charge is 0.176 e. The van der Waals surface area contributed by atoms with Crippen molar-refractivity contribution in [2.45, 2.75) is 13.8 Å². The van der Waals surface area contributed by atoms with Crippen molar-refractivity contribution in [2.24, 2.45) is 0 Å². The van der Waals surface area contributed by atoms with Crippen LogP contribution in [0.2, 0.25) is 0 Å². The minimum absolute atomic E-state index is 0. The van der Waals surface area contributed by atoms with Crippen molar-refractivity contribution in [3.8, 4) is 0 Å². The summed E-state index contributed by atoms with van der Waals surface area (Å²) in [6, 6.07) is 12.0. The maximum Gasteiger partial charge on any atom is 0.176 e. The van der Waals surface area contributed by atoms with Gasteiger partial charge in [-0.25, -0.2) is 9.97 Å². The first-order valence-electron chi connectivity index (χ1n) is 8.86. The van der Waals surface area contributed by atoms with Crippen LogP contribution in [0.1, 0.15) is 11.4 Å². The van der Waals surface area contributed by atoms with Gasteiger partial charge in [0.2, 0.25) is 0 Å². The standard InChI is InChI=1S/2C6H7N.2C4H6O5.2O.U/c2*1-6-4-2-3-5-7-6;2*5-3(6)1-9-2-4(7)8;;;/h2*2-5H,1H3;2*1-2H2,(H,5,6)(H,7,8);;;/q;;;;2*-2;/p-2. The zero-order valence-electron chi connectivity index (χ0n) is 18.8. The molecule has 0 aromatic carbocycles. The van der Waals surface area contributed by atoms with Crippen LogP contribution in [0.4, 0.5) is 0 Å². The molecule has 14 nitrogen and oxygen atoms in total. The Morgan fingerprint density at radius 1 is 0.629 bits per heavy atom. The predicted molar refractivity (Wildman–Crippen MR) is 98.5 cm³/mol. The number of aliphatic carboxylic acids is 4. The summed E-state index contributed by atoms with van der Waals surface area (Å²) in [4.78, 5) is 44.2. The average Bonchev–Trinajstić information content (AvgIpc) is 2.69. The molecule has 15 heteroatoms. The van der Waals surface area contributed by atoms with E-state index in [0.29, 0.717) is 0 Å². The number of hydrogen-bond acceptors (Lipinski definition) is 10. The number of carboxylic acids is 4. The Labute approximate surface area is 224 Å². The number of nitrogens with one attached hydrogen (secondary N) is 2. The maximum absolute atomic E-state index is 9.53. The van der Waals surface area contributed by atoms with E-state index < -0.39 is 50.3 Å². The molecule has 2 N–H and O–H groups in total. The molecule has 0 fully saturated rings. The molecule has 0 radical (unpaired) electrons. The molecule has 0 aliphatic rings. The van der Waals surface area contributed by atoms with Crippen molar-refractivity contribution in [3.63, 3.8) is 0 Å². The molecule has 0 atom stereocenters. The summed E-state index contributed by atoms with van der Waals surface area (Å²) >= 11 is 0. The molecule has 2 aromatic heterocycles. The molecule has 196 valence electrons. The molecule has 0 spiro atoms. The number of rotatable bonds is 8. The number of aromatic nitrogens is 2. The SMILES string of the molecule is Cc1cccc[nH+]1.Cc1cccc[nH+]1.O=C([O-])COCC(=O)[O-].O=C([O-])COCC(=O)[O-].[O-2].[O-2].[U]. The molecule has 0 aliphatic carbocycles. The third-order valence-corrected chi connectivity index (χ3v) is 2.61. The minimum Gasteiger partial charge on any atom is -2.00 e. The van der Waals surface area contributed by atoms with Crippen molar-refractivity contribution >= 4 is 23.9 Å². The van der Waals surface area contributed by atoms with E-state index in [1.54, 1.807) is 0 Å². The van der Waals surface area contributed by atoms with Gasteiger partial charge in [-0.2, -0.15) is 0 Å². The number of carbonyl (C=O) groups excluding carboxylic acids is 4. The van der Waals surface area contributed by atoms with E-state index in [2.05, 4.69) is 19.4 Å². The number of ether oxygens (including phenoxy) is 2. The summed E-state index contributed by atoms with van der Waals surface area (Å²) in [5.74, 6) is -5.79. The van der Waals surface area contributed by atoms with Crippen LogP contribution in [0, 0.1) is 45.0 Å². The van der Waals surface area contributed by atoms with Gasteiger partial charge < -0.3 is 60.0 Å². The first-order chi connectivity index (χ1) is 15.0. The van der Waals surface area contributed by atoms with Crippen molar-refractivity contribution in [3.05, 3.63) is 60.2 Å². The quantitative estimate of drug-likeness (QED) is 0.249. The molecule has 0 bridgehead atoms. The first-order valence-corrected chi connectivity index (χ1v) is 8.86. The van der Waals surface area contributed by atoms with Crippen molar-refractivity contribution in [1.29, 1.82) is 0 Å². The predicted octanol–water partition coefficient (Wildman–Crippen LogP) is -5.61. The number of aromatic amines is 2. The van der Waals surface area contributed by atoms with Crippen LogP contribution in [-0.4, -0.2) is 50.3 Å². The van der Waals surface area contributed by atoms with Gasteiger partial charge in [0.15, 0.2) is 23.8 Å². The van der Waals surface area contributed by atoms with Gasteiger partial charge in [0.05, 0.1) is 50.3 Å². The van der Waals surface area contributed by atoms with Crippen LogP contribution < -0.4 is 30.4 Å². The summed E-state index contributed by atoms with van der Waals surface area (Å²) in [7, 11) is 0. The third kappa shape index (κ3) is 41.8. The largest absolute Gasteiger partial charge is 2.00 e. The maximum atomic E-state index is 9.53. The van der Waals surface area contributed by atoms with Gasteiger partial charge in [0.25, 0.3) is 0 Å². The van der Waals surface area contributed by atoms with Gasteiger partial charge in [0.1, 0.15) is 0 Å². The fourth-order valence-corrected chi connectivity index (χ4v) is 1.40. The van der Waals surface area contributed by atoms with E-state index in [9.17, 15) is 39.6 Å². The van der Waals surface area contributed by atoms with Crippen LogP contribution in [-0.2, 0) is 39.6 Å². The van der Waals surface area contributed by atoms with Crippen LogP contribution in [0.25, 0.3) is 0 Å². The van der Waals surface area contributed by atoms with Crippen LogP contribution in [0.15, 0.2) is 48.8 Å². The zero-order chi connectivity index (χ0) is 24.8. The monoisotopic (exact) mass is 722 g/mol. The number of carbonyl (C=O) groups is 4. The van der Waals surface area contributed by atoms with Crippen LogP contribution in [0.3, 0.4) is 0 Å². The molecule has 2 aromatic rings. The Morgan fingerprint density at radius 2 is 0.886 bits per heavy atom. The van der Waals surface area contributed by atoms with E-state index in [4.69, 9.17) is 0 Å². The topological polar surface area (TPSA) is 264 Å². The van der Waals surface area contributed by atoms with E-state index in [-0.39, 0.29) is 42.1 Å². The second kappa shape index (κ2) is 29.1. The molecule has 0 amide bonds.